The fourth-order valence-corrected chi connectivity index (χ4v) is 4.33. The summed E-state index contributed by atoms with van der Waals surface area (Å²) in [5, 5.41) is 4.44. The summed E-state index contributed by atoms with van der Waals surface area (Å²) >= 11 is 0. The van der Waals surface area contributed by atoms with Crippen LogP contribution in [0.5, 0.6) is 0 Å². The first-order valence-corrected chi connectivity index (χ1v) is 8.12. The Hall–Kier alpha value is -2.62. The number of benzene rings is 2. The summed E-state index contributed by atoms with van der Waals surface area (Å²) in [4.78, 5) is 12.9. The zero-order valence-corrected chi connectivity index (χ0v) is 13.0. The van der Waals surface area contributed by atoms with Crippen LogP contribution in [0.15, 0.2) is 53.3 Å². The highest BCUT2D eigenvalue weighted by Crippen LogP contribution is 2.47. The molecule has 0 saturated carbocycles. The van der Waals surface area contributed by atoms with Crippen LogP contribution in [0.4, 0.5) is 5.69 Å². The van der Waals surface area contributed by atoms with Crippen LogP contribution < -0.4 is 15.4 Å². The van der Waals surface area contributed by atoms with Gasteiger partial charge in [0.25, 0.3) is 5.82 Å². The van der Waals surface area contributed by atoms with Gasteiger partial charge in [-0.2, -0.15) is 4.57 Å². The number of aryl methyl sites for hydroxylation is 1. The molecule has 0 radical (unpaired) electrons. The van der Waals surface area contributed by atoms with Crippen LogP contribution in [-0.4, -0.2) is 4.57 Å². The second-order valence-corrected chi connectivity index (χ2v) is 6.50. The van der Waals surface area contributed by atoms with E-state index in [0.717, 1.165) is 29.7 Å². The average Bonchev–Trinajstić information content (AvgIpc) is 2.98. The van der Waals surface area contributed by atoms with Gasteiger partial charge >= 0.3 is 5.56 Å². The first-order chi connectivity index (χ1) is 11.3. The van der Waals surface area contributed by atoms with Crippen molar-refractivity contribution in [1.82, 2.24) is 4.57 Å². The smallest absolute Gasteiger partial charge is 0.345 e. The molecule has 3 aromatic rings. The second kappa shape index (κ2) is 4.44. The van der Waals surface area contributed by atoms with Crippen LogP contribution in [0.2, 0.25) is 0 Å². The zero-order chi connectivity index (χ0) is 15.6. The van der Waals surface area contributed by atoms with Gasteiger partial charge in [0.1, 0.15) is 16.9 Å². The molecule has 2 aliphatic heterocycles. The number of rotatable bonds is 0. The number of aromatic nitrogens is 2. The van der Waals surface area contributed by atoms with Crippen molar-refractivity contribution in [1.29, 1.82) is 0 Å². The summed E-state index contributed by atoms with van der Waals surface area (Å²) in [5.41, 5.74) is 3.72. The number of hydrogen-bond acceptors (Lipinski definition) is 2. The predicted molar refractivity (Wildman–Crippen MR) is 89.5 cm³/mol. The molecule has 4 nitrogen and oxygen atoms in total. The minimum Gasteiger partial charge on any atom is -0.371 e. The largest absolute Gasteiger partial charge is 0.371 e. The van der Waals surface area contributed by atoms with Gasteiger partial charge in [-0.15, -0.1) is 0 Å². The van der Waals surface area contributed by atoms with Crippen LogP contribution >= 0.6 is 0 Å². The van der Waals surface area contributed by atoms with Crippen LogP contribution in [0.1, 0.15) is 29.8 Å². The van der Waals surface area contributed by atoms with E-state index in [1.165, 1.54) is 11.3 Å². The first-order valence-electron chi connectivity index (χ1n) is 8.12. The monoisotopic (exact) mass is 304 g/mol. The normalized spacial score (nSPS) is 21.4. The van der Waals surface area contributed by atoms with E-state index in [1.807, 2.05) is 28.8 Å². The molecule has 2 aromatic carbocycles. The Labute approximate surface area is 134 Å². The number of fused-ring (bicyclic) bond motifs is 6. The van der Waals surface area contributed by atoms with Crippen molar-refractivity contribution in [2.45, 2.75) is 24.9 Å². The maximum absolute atomic E-state index is 12.9. The Morgan fingerprint density at radius 1 is 1.13 bits per heavy atom. The SMILES string of the molecule is C[n+]1c2n(c(=O)c3ccccc31)CC[C@H]1c3ccccc3N[C@@H]21. The van der Waals surface area contributed by atoms with Crippen molar-refractivity contribution in [2.75, 3.05) is 5.32 Å². The molecule has 1 N–H and O–H groups in total. The molecule has 0 fully saturated rings. The fraction of sp³-hybridized carbons (Fsp3) is 0.263. The maximum Gasteiger partial charge on any atom is 0.345 e. The van der Waals surface area contributed by atoms with Crippen molar-refractivity contribution in [3.05, 3.63) is 70.3 Å². The summed E-state index contributed by atoms with van der Waals surface area (Å²) in [5.74, 6) is 1.53. The molecule has 0 spiro atoms. The molecule has 1 aromatic heterocycles. The summed E-state index contributed by atoms with van der Waals surface area (Å²) in [6, 6.07) is 16.6. The van der Waals surface area contributed by atoms with Gasteiger partial charge in [-0.3, -0.25) is 0 Å². The Kier molecular flexibility index (Phi) is 2.49. The molecule has 0 bridgehead atoms. The van der Waals surface area contributed by atoms with E-state index in [9.17, 15) is 4.79 Å². The van der Waals surface area contributed by atoms with Crippen molar-refractivity contribution < 1.29 is 4.57 Å². The number of nitrogens with one attached hydrogen (secondary N) is 1. The number of para-hydroxylation sites is 2. The van der Waals surface area contributed by atoms with E-state index in [4.69, 9.17) is 0 Å². The molecule has 114 valence electrons. The lowest BCUT2D eigenvalue weighted by Gasteiger charge is -2.26. The fourth-order valence-electron chi connectivity index (χ4n) is 4.33. The van der Waals surface area contributed by atoms with Crippen LogP contribution in [-0.2, 0) is 13.6 Å². The van der Waals surface area contributed by atoms with E-state index in [-0.39, 0.29) is 11.6 Å². The molecule has 2 aliphatic rings. The van der Waals surface area contributed by atoms with E-state index >= 15 is 0 Å². The lowest BCUT2D eigenvalue weighted by atomic mass is 9.88. The van der Waals surface area contributed by atoms with Gasteiger partial charge in [0.2, 0.25) is 0 Å². The highest BCUT2D eigenvalue weighted by atomic mass is 16.1. The minimum absolute atomic E-state index is 0.130. The van der Waals surface area contributed by atoms with Gasteiger partial charge in [-0.1, -0.05) is 30.3 Å². The van der Waals surface area contributed by atoms with Crippen molar-refractivity contribution in [3.8, 4) is 0 Å². The first kappa shape index (κ1) is 12.9. The van der Waals surface area contributed by atoms with Crippen LogP contribution in [0.3, 0.4) is 0 Å². The van der Waals surface area contributed by atoms with Gasteiger partial charge in [0, 0.05) is 11.6 Å². The third-order valence-electron chi connectivity index (χ3n) is 5.38. The van der Waals surface area contributed by atoms with Gasteiger partial charge in [0.05, 0.1) is 13.6 Å². The highest BCUT2D eigenvalue weighted by Gasteiger charge is 2.44. The Bertz CT molecular complexity index is 1010. The van der Waals surface area contributed by atoms with Crippen LogP contribution in [0.25, 0.3) is 10.9 Å². The summed E-state index contributed by atoms with van der Waals surface area (Å²) in [6.45, 7) is 0.782. The molecular weight excluding hydrogens is 286 g/mol. The zero-order valence-electron chi connectivity index (χ0n) is 13.0. The summed E-state index contributed by atoms with van der Waals surface area (Å²) in [7, 11) is 2.07. The number of nitrogens with zero attached hydrogens (tertiary/aromatic N) is 2. The minimum atomic E-state index is 0.130. The van der Waals surface area contributed by atoms with Crippen LogP contribution in [0, 0.1) is 0 Å². The van der Waals surface area contributed by atoms with Crippen molar-refractivity contribution >= 4 is 16.6 Å². The van der Waals surface area contributed by atoms with E-state index in [2.05, 4.69) is 41.2 Å². The molecular formula is C19H18N3O+. The third-order valence-corrected chi connectivity index (χ3v) is 5.38. The Morgan fingerprint density at radius 2 is 1.91 bits per heavy atom. The van der Waals surface area contributed by atoms with Gasteiger partial charge in [0.15, 0.2) is 0 Å². The van der Waals surface area contributed by atoms with Gasteiger partial charge in [-0.05, 0) is 30.2 Å². The van der Waals surface area contributed by atoms with Crippen molar-refractivity contribution in [3.63, 3.8) is 0 Å². The van der Waals surface area contributed by atoms with Crippen molar-refractivity contribution in [2.24, 2.45) is 7.05 Å². The van der Waals surface area contributed by atoms with Gasteiger partial charge in [-0.25, -0.2) is 9.36 Å². The van der Waals surface area contributed by atoms with E-state index in [1.54, 1.807) is 0 Å². The number of anilines is 1. The lowest BCUT2D eigenvalue weighted by Crippen LogP contribution is -2.48. The number of hydrogen-bond donors (Lipinski definition) is 1. The molecule has 0 amide bonds. The topological polar surface area (TPSA) is 37.9 Å². The second-order valence-electron chi connectivity index (χ2n) is 6.50. The summed E-state index contributed by atoms with van der Waals surface area (Å²) < 4.78 is 4.15. The third kappa shape index (κ3) is 1.61. The molecule has 0 unspecified atom stereocenters. The standard InChI is InChI=1S/C19H18N3O/c1-21-16-9-5-3-7-14(16)19(23)22-11-10-13-12-6-2-4-8-15(12)20-17(13)18(21)22/h2-9,13,17,20H,10-11H2,1H3/q+1/t13-,17+/m0/s1. The molecule has 4 heteroatoms. The predicted octanol–water partition coefficient (Wildman–Crippen LogP) is 2.48. The molecule has 0 saturated heterocycles. The molecule has 2 atom stereocenters. The summed E-state index contributed by atoms with van der Waals surface area (Å²) in [6.07, 6.45) is 1.000. The molecule has 23 heavy (non-hydrogen) atoms. The molecule has 5 rings (SSSR count). The molecule has 3 heterocycles. The Balaban J connectivity index is 1.80. The van der Waals surface area contributed by atoms with E-state index < -0.39 is 0 Å². The van der Waals surface area contributed by atoms with E-state index in [0.29, 0.717) is 5.92 Å². The quantitative estimate of drug-likeness (QED) is 0.648. The molecule has 0 aliphatic carbocycles. The van der Waals surface area contributed by atoms with Gasteiger partial charge < -0.3 is 5.32 Å². The highest BCUT2D eigenvalue weighted by molar-refractivity contribution is 5.74. The Morgan fingerprint density at radius 3 is 2.83 bits per heavy atom. The average molecular weight is 304 g/mol. The lowest BCUT2D eigenvalue weighted by molar-refractivity contribution is -0.660. The maximum atomic E-state index is 12.9.